The van der Waals surface area contributed by atoms with Crippen LogP contribution in [-0.4, -0.2) is 34.6 Å². The van der Waals surface area contributed by atoms with Crippen molar-refractivity contribution in [1.29, 1.82) is 0 Å². The maximum Gasteiger partial charge on any atom is 0.141 e. The maximum absolute atomic E-state index is 13.4. The summed E-state index contributed by atoms with van der Waals surface area (Å²) in [5.41, 5.74) is 1.34. The van der Waals surface area contributed by atoms with Gasteiger partial charge < -0.3 is 5.32 Å². The molecule has 3 nitrogen and oxygen atoms in total. The smallest absolute Gasteiger partial charge is 0.141 e. The monoisotopic (exact) mass is 289 g/mol. The van der Waals surface area contributed by atoms with Crippen molar-refractivity contribution >= 4 is 0 Å². The van der Waals surface area contributed by atoms with Gasteiger partial charge in [-0.15, -0.1) is 0 Å². The molecule has 2 heterocycles. The highest BCUT2D eigenvalue weighted by Crippen LogP contribution is 2.41. The van der Waals surface area contributed by atoms with Crippen LogP contribution in [0.1, 0.15) is 44.1 Å². The Morgan fingerprint density at radius 3 is 2.81 bits per heavy atom. The lowest BCUT2D eigenvalue weighted by Crippen LogP contribution is -2.63. The van der Waals surface area contributed by atoms with Crippen LogP contribution in [0.4, 0.5) is 4.39 Å². The van der Waals surface area contributed by atoms with Gasteiger partial charge in [0.1, 0.15) is 5.82 Å². The van der Waals surface area contributed by atoms with Crippen LogP contribution in [0.15, 0.2) is 18.5 Å². The van der Waals surface area contributed by atoms with Gasteiger partial charge in [0.2, 0.25) is 0 Å². The summed E-state index contributed by atoms with van der Waals surface area (Å²) in [7, 11) is 0. The molecule has 2 aliphatic carbocycles. The number of rotatable bonds is 3. The summed E-state index contributed by atoms with van der Waals surface area (Å²) >= 11 is 0. The van der Waals surface area contributed by atoms with Gasteiger partial charge in [-0.05, 0) is 43.2 Å². The zero-order valence-corrected chi connectivity index (χ0v) is 12.5. The molecule has 1 aromatic heterocycles. The molecule has 1 atom stereocenters. The quantitative estimate of drug-likeness (QED) is 0.927. The number of hydrogen-bond acceptors (Lipinski definition) is 3. The van der Waals surface area contributed by atoms with Crippen LogP contribution in [0.3, 0.4) is 0 Å². The van der Waals surface area contributed by atoms with E-state index in [-0.39, 0.29) is 5.82 Å². The molecule has 1 spiro atoms. The molecule has 1 aromatic rings. The fourth-order valence-corrected chi connectivity index (χ4v) is 4.29. The second kappa shape index (κ2) is 5.33. The molecule has 4 heteroatoms. The zero-order chi connectivity index (χ0) is 14.3. The number of piperazine rings is 1. The van der Waals surface area contributed by atoms with Crippen molar-refractivity contribution in [1.82, 2.24) is 15.2 Å². The molecule has 0 radical (unpaired) electrons. The van der Waals surface area contributed by atoms with E-state index >= 15 is 0 Å². The van der Waals surface area contributed by atoms with E-state index in [4.69, 9.17) is 0 Å². The van der Waals surface area contributed by atoms with Crippen LogP contribution in [-0.2, 0) is 6.54 Å². The lowest BCUT2D eigenvalue weighted by molar-refractivity contribution is 0.0626. The van der Waals surface area contributed by atoms with E-state index in [0.29, 0.717) is 11.6 Å². The van der Waals surface area contributed by atoms with Crippen molar-refractivity contribution in [3.8, 4) is 0 Å². The largest absolute Gasteiger partial charge is 0.308 e. The highest BCUT2D eigenvalue weighted by atomic mass is 19.1. The molecule has 4 rings (SSSR count). The molecular weight excluding hydrogens is 265 g/mol. The molecule has 0 aromatic carbocycles. The molecule has 1 N–H and O–H groups in total. The molecule has 3 aliphatic rings. The van der Waals surface area contributed by atoms with Crippen molar-refractivity contribution in [3.63, 3.8) is 0 Å². The number of halogens is 1. The van der Waals surface area contributed by atoms with Gasteiger partial charge in [-0.3, -0.25) is 9.88 Å². The SMILES string of the molecule is Fc1cncc(CN2CC3(CCCC3)NCC2C2CC2)c1. The minimum Gasteiger partial charge on any atom is -0.308 e. The Morgan fingerprint density at radius 1 is 1.29 bits per heavy atom. The van der Waals surface area contributed by atoms with E-state index in [1.165, 1.54) is 44.7 Å². The van der Waals surface area contributed by atoms with Crippen LogP contribution in [0.5, 0.6) is 0 Å². The summed E-state index contributed by atoms with van der Waals surface area (Å²) in [5, 5.41) is 3.86. The van der Waals surface area contributed by atoms with Gasteiger partial charge in [-0.2, -0.15) is 0 Å². The van der Waals surface area contributed by atoms with Crippen molar-refractivity contribution in [2.75, 3.05) is 13.1 Å². The van der Waals surface area contributed by atoms with Crippen molar-refractivity contribution in [2.45, 2.75) is 56.7 Å². The number of hydrogen-bond donors (Lipinski definition) is 1. The standard InChI is InChI=1S/C17H24FN3/c18-15-7-13(8-19-9-15)11-21-12-17(5-1-2-6-17)20-10-16(21)14-3-4-14/h7-9,14,16,20H,1-6,10-12H2. The van der Waals surface area contributed by atoms with Crippen LogP contribution < -0.4 is 5.32 Å². The summed E-state index contributed by atoms with van der Waals surface area (Å²) in [5.74, 6) is 0.624. The summed E-state index contributed by atoms with van der Waals surface area (Å²) in [6.45, 7) is 3.06. The first kappa shape index (κ1) is 13.6. The highest BCUT2D eigenvalue weighted by Gasteiger charge is 2.45. The Kier molecular flexibility index (Phi) is 3.46. The highest BCUT2D eigenvalue weighted by molar-refractivity contribution is 5.12. The average molecular weight is 289 g/mol. The molecular formula is C17H24FN3. The summed E-state index contributed by atoms with van der Waals surface area (Å²) in [4.78, 5) is 6.61. The first-order valence-corrected chi connectivity index (χ1v) is 8.33. The molecule has 21 heavy (non-hydrogen) atoms. The van der Waals surface area contributed by atoms with Crippen LogP contribution >= 0.6 is 0 Å². The first-order valence-electron chi connectivity index (χ1n) is 8.33. The normalized spacial score (nSPS) is 29.1. The van der Waals surface area contributed by atoms with Gasteiger partial charge >= 0.3 is 0 Å². The zero-order valence-electron chi connectivity index (χ0n) is 12.5. The molecule has 1 aliphatic heterocycles. The van der Waals surface area contributed by atoms with Crippen molar-refractivity contribution in [2.24, 2.45) is 5.92 Å². The van der Waals surface area contributed by atoms with Gasteiger partial charge in [0, 0.05) is 37.4 Å². The molecule has 1 saturated heterocycles. The van der Waals surface area contributed by atoms with Gasteiger partial charge in [-0.25, -0.2) is 4.39 Å². The molecule has 3 fully saturated rings. The topological polar surface area (TPSA) is 28.2 Å². The van der Waals surface area contributed by atoms with E-state index < -0.39 is 0 Å². The number of aromatic nitrogens is 1. The molecule has 114 valence electrons. The Bertz CT molecular complexity index is 509. The maximum atomic E-state index is 13.4. The predicted octanol–water partition coefficient (Wildman–Crippen LogP) is 2.72. The fraction of sp³-hybridized carbons (Fsp3) is 0.706. The lowest BCUT2D eigenvalue weighted by Gasteiger charge is -2.46. The summed E-state index contributed by atoms with van der Waals surface area (Å²) < 4.78 is 13.4. The third kappa shape index (κ3) is 2.84. The Labute approximate surface area is 125 Å². The van der Waals surface area contributed by atoms with Crippen molar-refractivity contribution < 1.29 is 4.39 Å². The van der Waals surface area contributed by atoms with Gasteiger partial charge in [0.15, 0.2) is 0 Å². The van der Waals surface area contributed by atoms with Crippen LogP contribution in [0, 0.1) is 11.7 Å². The summed E-state index contributed by atoms with van der Waals surface area (Å²) in [6.07, 6.45) is 11.1. The minimum atomic E-state index is -0.221. The van der Waals surface area contributed by atoms with Gasteiger partial charge in [0.25, 0.3) is 0 Å². The number of pyridine rings is 1. The van der Waals surface area contributed by atoms with E-state index in [1.54, 1.807) is 6.07 Å². The molecule has 1 unspecified atom stereocenters. The second-order valence-electron chi connectivity index (χ2n) is 7.19. The third-order valence-corrected chi connectivity index (χ3v) is 5.53. The number of nitrogens with zero attached hydrogens (tertiary/aromatic N) is 2. The van der Waals surface area contributed by atoms with E-state index in [9.17, 15) is 4.39 Å². The van der Waals surface area contributed by atoms with E-state index in [1.807, 2.05) is 6.20 Å². The second-order valence-corrected chi connectivity index (χ2v) is 7.19. The predicted molar refractivity (Wildman–Crippen MR) is 80.3 cm³/mol. The first-order chi connectivity index (χ1) is 10.2. The lowest BCUT2D eigenvalue weighted by atomic mass is 9.90. The Morgan fingerprint density at radius 2 is 2.10 bits per heavy atom. The summed E-state index contributed by atoms with van der Waals surface area (Å²) in [6, 6.07) is 2.26. The minimum absolute atomic E-state index is 0.221. The molecule has 0 amide bonds. The van der Waals surface area contributed by atoms with E-state index in [2.05, 4.69) is 15.2 Å². The van der Waals surface area contributed by atoms with Gasteiger partial charge in [0.05, 0.1) is 6.20 Å². The fourth-order valence-electron chi connectivity index (χ4n) is 4.29. The Hall–Kier alpha value is -1.00. The van der Waals surface area contributed by atoms with Gasteiger partial charge in [-0.1, -0.05) is 12.8 Å². The molecule has 0 bridgehead atoms. The third-order valence-electron chi connectivity index (χ3n) is 5.53. The number of nitrogens with one attached hydrogen (secondary N) is 1. The average Bonchev–Trinajstić information content (AvgIpc) is 3.21. The van der Waals surface area contributed by atoms with Crippen LogP contribution in [0.2, 0.25) is 0 Å². The molecule has 2 saturated carbocycles. The van der Waals surface area contributed by atoms with Crippen LogP contribution in [0.25, 0.3) is 0 Å². The van der Waals surface area contributed by atoms with E-state index in [0.717, 1.165) is 31.1 Å². The van der Waals surface area contributed by atoms with Crippen molar-refractivity contribution in [3.05, 3.63) is 29.8 Å². The Balaban J connectivity index is 1.53.